The number of nitrogens with zero attached hydrogens (tertiary/aromatic N) is 1. The lowest BCUT2D eigenvalue weighted by molar-refractivity contribution is -0.137. The molecule has 0 aliphatic carbocycles. The summed E-state index contributed by atoms with van der Waals surface area (Å²) in [5, 5.41) is 11.5. The fourth-order valence-electron chi connectivity index (χ4n) is 2.10. The zero-order chi connectivity index (χ0) is 17.0. The zero-order valence-corrected chi connectivity index (χ0v) is 12.6. The molecular formula is C17H15F3N2O. The van der Waals surface area contributed by atoms with Gasteiger partial charge in [-0.25, -0.2) is 0 Å². The van der Waals surface area contributed by atoms with Crippen LogP contribution in [0.25, 0.3) is 11.1 Å². The van der Waals surface area contributed by atoms with Crippen molar-refractivity contribution < 1.29 is 18.0 Å². The van der Waals surface area contributed by atoms with E-state index in [1.165, 1.54) is 19.2 Å². The Morgan fingerprint density at radius 2 is 1.43 bits per heavy atom. The van der Waals surface area contributed by atoms with Crippen LogP contribution in [0.4, 0.5) is 13.2 Å². The van der Waals surface area contributed by atoms with Gasteiger partial charge in [0, 0.05) is 5.56 Å². The van der Waals surface area contributed by atoms with Crippen molar-refractivity contribution >= 4 is 11.4 Å². The monoisotopic (exact) mass is 320 g/mol. The summed E-state index contributed by atoms with van der Waals surface area (Å²) in [7, 11) is 1.40. The van der Waals surface area contributed by atoms with Gasteiger partial charge >= 0.3 is 6.18 Å². The molecule has 2 rings (SSSR count). The summed E-state index contributed by atoms with van der Waals surface area (Å²) in [5.74, 6) is 0. The molecule has 120 valence electrons. The van der Waals surface area contributed by atoms with Gasteiger partial charge in [0.1, 0.15) is 12.8 Å². The number of nitrogens with one attached hydrogen (secondary N) is 1. The zero-order valence-electron chi connectivity index (χ0n) is 12.6. The molecule has 0 atom stereocenters. The summed E-state index contributed by atoms with van der Waals surface area (Å²) in [6.07, 6.45) is -4.34. The fourth-order valence-corrected chi connectivity index (χ4v) is 2.10. The Morgan fingerprint density at radius 1 is 0.957 bits per heavy atom. The molecular weight excluding hydrogens is 305 g/mol. The molecule has 6 heteroatoms. The first-order valence-electron chi connectivity index (χ1n) is 6.77. The largest absolute Gasteiger partial charge is 0.416 e. The summed E-state index contributed by atoms with van der Waals surface area (Å²) < 4.78 is 37.7. The highest BCUT2D eigenvalue weighted by molar-refractivity contribution is 6.46. The highest BCUT2D eigenvalue weighted by Gasteiger charge is 2.29. The normalized spacial score (nSPS) is 12.1. The van der Waals surface area contributed by atoms with Gasteiger partial charge in [0.05, 0.1) is 11.3 Å². The van der Waals surface area contributed by atoms with Gasteiger partial charge in [-0.05, 0) is 30.2 Å². The molecule has 0 fully saturated rings. The lowest BCUT2D eigenvalue weighted by Gasteiger charge is -2.09. The van der Waals surface area contributed by atoms with E-state index in [2.05, 4.69) is 5.16 Å². The maximum Gasteiger partial charge on any atom is 0.416 e. The van der Waals surface area contributed by atoms with Crippen molar-refractivity contribution in [2.45, 2.75) is 13.1 Å². The molecule has 0 aliphatic rings. The number of benzene rings is 2. The number of rotatable bonds is 4. The van der Waals surface area contributed by atoms with Gasteiger partial charge in [0.2, 0.25) is 0 Å². The van der Waals surface area contributed by atoms with E-state index in [-0.39, 0.29) is 5.71 Å². The van der Waals surface area contributed by atoms with Crippen molar-refractivity contribution in [2.75, 3.05) is 7.11 Å². The first-order valence-corrected chi connectivity index (χ1v) is 6.77. The van der Waals surface area contributed by atoms with E-state index in [9.17, 15) is 13.2 Å². The molecule has 1 N–H and O–H groups in total. The van der Waals surface area contributed by atoms with E-state index in [0.717, 1.165) is 17.7 Å². The maximum atomic E-state index is 12.6. The molecule has 0 saturated heterocycles. The standard InChI is InChI=1S/C17H15F3N2O/c1-11(21)16(22-23-2)14-5-3-12(4-6-14)13-7-9-15(10-8-13)17(18,19)20/h3-10,21H,1-2H3/b21-11?,22-16-. The van der Waals surface area contributed by atoms with Crippen LogP contribution in [-0.4, -0.2) is 18.5 Å². The van der Waals surface area contributed by atoms with Crippen molar-refractivity contribution in [1.29, 1.82) is 5.41 Å². The summed E-state index contributed by atoms with van der Waals surface area (Å²) in [4.78, 5) is 4.72. The van der Waals surface area contributed by atoms with Crippen LogP contribution in [0.15, 0.2) is 53.7 Å². The van der Waals surface area contributed by atoms with Crippen LogP contribution in [0.2, 0.25) is 0 Å². The average molecular weight is 320 g/mol. The molecule has 3 nitrogen and oxygen atoms in total. The third kappa shape index (κ3) is 3.97. The topological polar surface area (TPSA) is 45.4 Å². The summed E-state index contributed by atoms with van der Waals surface area (Å²) in [5.41, 5.74) is 2.16. The Balaban J connectivity index is 2.29. The van der Waals surface area contributed by atoms with Gasteiger partial charge in [-0.1, -0.05) is 41.6 Å². The quantitative estimate of drug-likeness (QED) is 0.640. The van der Waals surface area contributed by atoms with Crippen molar-refractivity contribution in [3.8, 4) is 11.1 Å². The van der Waals surface area contributed by atoms with Crippen molar-refractivity contribution in [3.63, 3.8) is 0 Å². The number of hydrogen-bond donors (Lipinski definition) is 1. The van der Waals surface area contributed by atoms with E-state index < -0.39 is 11.7 Å². The Labute approximate surface area is 131 Å². The van der Waals surface area contributed by atoms with E-state index in [4.69, 9.17) is 10.2 Å². The lowest BCUT2D eigenvalue weighted by atomic mass is 10.00. The van der Waals surface area contributed by atoms with E-state index in [1.807, 2.05) is 0 Å². The van der Waals surface area contributed by atoms with Crippen molar-refractivity contribution in [2.24, 2.45) is 5.16 Å². The average Bonchev–Trinajstić information content (AvgIpc) is 2.52. The van der Waals surface area contributed by atoms with Crippen LogP contribution in [0, 0.1) is 5.41 Å². The van der Waals surface area contributed by atoms with Crippen LogP contribution in [-0.2, 0) is 11.0 Å². The predicted octanol–water partition coefficient (Wildman–Crippen LogP) is 4.76. The second kappa shape index (κ2) is 6.64. The van der Waals surface area contributed by atoms with Gasteiger partial charge < -0.3 is 10.2 Å². The van der Waals surface area contributed by atoms with Gasteiger partial charge in [-0.3, -0.25) is 0 Å². The van der Waals surface area contributed by atoms with Gasteiger partial charge in [0.25, 0.3) is 0 Å². The molecule has 0 amide bonds. The summed E-state index contributed by atoms with van der Waals surface area (Å²) in [6, 6.07) is 12.0. The third-order valence-electron chi connectivity index (χ3n) is 3.24. The molecule has 0 aliphatic heterocycles. The van der Waals surface area contributed by atoms with E-state index in [0.29, 0.717) is 16.8 Å². The minimum absolute atomic E-state index is 0.258. The molecule has 2 aromatic carbocycles. The summed E-state index contributed by atoms with van der Waals surface area (Å²) >= 11 is 0. The lowest BCUT2D eigenvalue weighted by Crippen LogP contribution is -2.11. The molecule has 0 heterocycles. The van der Waals surface area contributed by atoms with Crippen LogP contribution in [0.1, 0.15) is 18.1 Å². The molecule has 0 radical (unpaired) electrons. The van der Waals surface area contributed by atoms with E-state index in [1.54, 1.807) is 31.2 Å². The number of alkyl halides is 3. The molecule has 0 unspecified atom stereocenters. The van der Waals surface area contributed by atoms with Crippen LogP contribution in [0.3, 0.4) is 0 Å². The van der Waals surface area contributed by atoms with Crippen molar-refractivity contribution in [1.82, 2.24) is 0 Å². The van der Waals surface area contributed by atoms with Gasteiger partial charge in [0.15, 0.2) is 0 Å². The maximum absolute atomic E-state index is 12.6. The molecule has 2 aromatic rings. The molecule has 0 bridgehead atoms. The third-order valence-corrected chi connectivity index (χ3v) is 3.24. The Hall–Kier alpha value is -2.63. The van der Waals surface area contributed by atoms with E-state index >= 15 is 0 Å². The van der Waals surface area contributed by atoms with Crippen LogP contribution >= 0.6 is 0 Å². The Morgan fingerprint density at radius 3 is 1.83 bits per heavy atom. The minimum Gasteiger partial charge on any atom is -0.399 e. The number of hydrogen-bond acceptors (Lipinski definition) is 3. The minimum atomic E-state index is -4.34. The predicted molar refractivity (Wildman–Crippen MR) is 83.8 cm³/mol. The first-order chi connectivity index (χ1) is 10.8. The second-order valence-electron chi connectivity index (χ2n) is 4.90. The van der Waals surface area contributed by atoms with Crippen LogP contribution in [0.5, 0.6) is 0 Å². The molecule has 23 heavy (non-hydrogen) atoms. The first kappa shape index (κ1) is 16.7. The van der Waals surface area contributed by atoms with Gasteiger partial charge in [-0.15, -0.1) is 0 Å². The number of halogens is 3. The smallest absolute Gasteiger partial charge is 0.399 e. The summed E-state index contributed by atoms with van der Waals surface area (Å²) in [6.45, 7) is 1.60. The Kier molecular flexibility index (Phi) is 4.83. The number of oxime groups is 1. The highest BCUT2D eigenvalue weighted by atomic mass is 19.4. The molecule has 0 saturated carbocycles. The fraction of sp³-hybridized carbons (Fsp3) is 0.176. The molecule has 0 aromatic heterocycles. The second-order valence-corrected chi connectivity index (χ2v) is 4.90. The molecule has 0 spiro atoms. The van der Waals surface area contributed by atoms with Crippen LogP contribution < -0.4 is 0 Å². The van der Waals surface area contributed by atoms with Crippen molar-refractivity contribution in [3.05, 3.63) is 59.7 Å². The SMILES string of the molecule is CO/N=C(/C(C)=N)c1ccc(-c2ccc(C(F)(F)F)cc2)cc1. The Bertz CT molecular complexity index is 717. The highest BCUT2D eigenvalue weighted by Crippen LogP contribution is 2.31. The van der Waals surface area contributed by atoms with Gasteiger partial charge in [-0.2, -0.15) is 13.2 Å².